The van der Waals surface area contributed by atoms with E-state index < -0.39 is 4.92 Å². The van der Waals surface area contributed by atoms with Crippen LogP contribution in [0.25, 0.3) is 0 Å². The van der Waals surface area contributed by atoms with Crippen LogP contribution in [0.3, 0.4) is 0 Å². The second kappa shape index (κ2) is 9.00. The van der Waals surface area contributed by atoms with E-state index in [1.54, 1.807) is 17.7 Å². The molecule has 0 aliphatic carbocycles. The van der Waals surface area contributed by atoms with Crippen LogP contribution >= 0.6 is 11.8 Å². The highest BCUT2D eigenvalue weighted by atomic mass is 32.2. The Morgan fingerprint density at radius 3 is 2.75 bits per heavy atom. The molecule has 0 unspecified atom stereocenters. The zero-order valence-electron chi connectivity index (χ0n) is 14.9. The second-order valence-electron chi connectivity index (χ2n) is 5.70. The topological polar surface area (TPSA) is 112 Å². The van der Waals surface area contributed by atoms with Crippen LogP contribution in [-0.2, 0) is 18.4 Å². The minimum atomic E-state index is -0.511. The van der Waals surface area contributed by atoms with Gasteiger partial charge in [-0.05, 0) is 18.2 Å². The van der Waals surface area contributed by atoms with Crippen molar-refractivity contribution in [2.45, 2.75) is 11.8 Å². The fourth-order valence-electron chi connectivity index (χ4n) is 2.29. The number of benzene rings is 2. The van der Waals surface area contributed by atoms with Crippen molar-refractivity contribution in [3.05, 3.63) is 70.5 Å². The average molecular weight is 399 g/mol. The molecule has 3 aromatic rings. The number of non-ortho nitro benzene ring substituents is 1. The molecule has 1 heterocycles. The van der Waals surface area contributed by atoms with E-state index >= 15 is 0 Å². The number of nitro groups is 1. The molecule has 0 saturated carbocycles. The summed E-state index contributed by atoms with van der Waals surface area (Å²) in [5.41, 5.74) is 0.288. The Labute approximate surface area is 164 Å². The summed E-state index contributed by atoms with van der Waals surface area (Å²) in [6.07, 6.45) is 0. The van der Waals surface area contributed by atoms with E-state index in [2.05, 4.69) is 15.5 Å². The van der Waals surface area contributed by atoms with Crippen LogP contribution in [0, 0.1) is 10.1 Å². The summed E-state index contributed by atoms with van der Waals surface area (Å²) in [7, 11) is 1.80. The number of hydrogen-bond donors (Lipinski definition) is 1. The number of hydrogen-bond acceptors (Lipinski definition) is 7. The van der Waals surface area contributed by atoms with E-state index in [0.717, 1.165) is 5.75 Å². The van der Waals surface area contributed by atoms with Gasteiger partial charge < -0.3 is 14.6 Å². The van der Waals surface area contributed by atoms with Gasteiger partial charge in [-0.15, -0.1) is 10.2 Å². The summed E-state index contributed by atoms with van der Waals surface area (Å²) in [6.45, 7) is 0.258. The van der Waals surface area contributed by atoms with Gasteiger partial charge in [-0.1, -0.05) is 36.0 Å². The van der Waals surface area contributed by atoms with Crippen LogP contribution < -0.4 is 10.1 Å². The van der Waals surface area contributed by atoms with Crippen molar-refractivity contribution < 1.29 is 14.5 Å². The van der Waals surface area contributed by atoms with Gasteiger partial charge in [-0.3, -0.25) is 14.9 Å². The Hall–Kier alpha value is -3.40. The number of para-hydroxylation sites is 1. The minimum Gasteiger partial charge on any atom is -0.486 e. The smallest absolute Gasteiger partial charge is 0.271 e. The molecule has 9 nitrogen and oxygen atoms in total. The molecule has 0 fully saturated rings. The van der Waals surface area contributed by atoms with E-state index in [1.807, 2.05) is 30.3 Å². The third-order valence-electron chi connectivity index (χ3n) is 3.71. The molecule has 1 aromatic heterocycles. The lowest BCUT2D eigenvalue weighted by Gasteiger charge is -2.07. The summed E-state index contributed by atoms with van der Waals surface area (Å²) in [4.78, 5) is 22.4. The Morgan fingerprint density at radius 1 is 1.21 bits per heavy atom. The molecule has 2 aromatic carbocycles. The maximum absolute atomic E-state index is 12.1. The molecule has 0 radical (unpaired) electrons. The molecule has 10 heteroatoms. The Kier molecular flexibility index (Phi) is 6.22. The number of nitro benzene ring substituents is 1. The van der Waals surface area contributed by atoms with E-state index in [0.29, 0.717) is 16.7 Å². The third kappa shape index (κ3) is 5.07. The lowest BCUT2D eigenvalue weighted by Crippen LogP contribution is -2.14. The van der Waals surface area contributed by atoms with Crippen LogP contribution in [0.5, 0.6) is 5.75 Å². The standard InChI is InChI=1S/C18H17N5O4S/c1-22-16(11-27-15-8-3-2-4-9-15)20-21-18(22)28-12-17(24)19-13-6-5-7-14(10-13)23(25)26/h2-10H,11-12H2,1H3,(H,19,24). The second-order valence-corrected chi connectivity index (χ2v) is 6.65. The van der Waals surface area contributed by atoms with E-state index in [1.165, 1.54) is 30.0 Å². The van der Waals surface area contributed by atoms with E-state index in [9.17, 15) is 14.9 Å². The molecule has 0 bridgehead atoms. The van der Waals surface area contributed by atoms with Crippen LogP contribution in [-0.4, -0.2) is 31.3 Å². The largest absolute Gasteiger partial charge is 0.486 e. The molecule has 0 aliphatic rings. The first-order chi connectivity index (χ1) is 13.5. The highest BCUT2D eigenvalue weighted by molar-refractivity contribution is 7.99. The fraction of sp³-hybridized carbons (Fsp3) is 0.167. The third-order valence-corrected chi connectivity index (χ3v) is 4.73. The maximum Gasteiger partial charge on any atom is 0.271 e. The number of carbonyl (C=O) groups is 1. The minimum absolute atomic E-state index is 0.0817. The number of thioether (sulfide) groups is 1. The lowest BCUT2D eigenvalue weighted by molar-refractivity contribution is -0.384. The average Bonchev–Trinajstić information content (AvgIpc) is 3.05. The Bertz CT molecular complexity index is 977. The van der Waals surface area contributed by atoms with Gasteiger partial charge in [0.05, 0.1) is 10.7 Å². The zero-order valence-corrected chi connectivity index (χ0v) is 15.8. The molecule has 0 spiro atoms. The van der Waals surface area contributed by atoms with Gasteiger partial charge in [0.25, 0.3) is 5.69 Å². The van der Waals surface area contributed by atoms with Gasteiger partial charge in [0.2, 0.25) is 5.91 Å². The number of carbonyl (C=O) groups excluding carboxylic acids is 1. The van der Waals surface area contributed by atoms with Crippen molar-refractivity contribution in [3.63, 3.8) is 0 Å². The molecular formula is C18H17N5O4S. The predicted octanol–water partition coefficient (Wildman–Crippen LogP) is 3.03. The van der Waals surface area contributed by atoms with Gasteiger partial charge in [0.15, 0.2) is 11.0 Å². The van der Waals surface area contributed by atoms with Gasteiger partial charge >= 0.3 is 0 Å². The number of anilines is 1. The molecule has 0 saturated heterocycles. The van der Waals surface area contributed by atoms with Crippen molar-refractivity contribution in [2.75, 3.05) is 11.1 Å². The van der Waals surface area contributed by atoms with Crippen molar-refractivity contribution in [1.82, 2.24) is 14.8 Å². The number of nitrogens with zero attached hydrogens (tertiary/aromatic N) is 4. The van der Waals surface area contributed by atoms with Crippen molar-refractivity contribution in [3.8, 4) is 5.75 Å². The summed E-state index contributed by atoms with van der Waals surface area (Å²) in [6, 6.07) is 15.2. The Balaban J connectivity index is 1.53. The predicted molar refractivity (Wildman–Crippen MR) is 104 cm³/mol. The fourth-order valence-corrected chi connectivity index (χ4v) is 3.02. The Morgan fingerprint density at radius 2 is 2.00 bits per heavy atom. The van der Waals surface area contributed by atoms with Crippen LogP contribution in [0.15, 0.2) is 59.8 Å². The molecule has 28 heavy (non-hydrogen) atoms. The first-order valence-corrected chi connectivity index (χ1v) is 9.24. The molecule has 0 aliphatic heterocycles. The van der Waals surface area contributed by atoms with Gasteiger partial charge in [0.1, 0.15) is 12.4 Å². The number of rotatable bonds is 8. The highest BCUT2D eigenvalue weighted by Gasteiger charge is 2.13. The molecule has 3 rings (SSSR count). The summed E-state index contributed by atoms with van der Waals surface area (Å²) in [5.74, 6) is 1.16. The molecular weight excluding hydrogens is 382 g/mol. The van der Waals surface area contributed by atoms with Crippen molar-refractivity contribution in [2.24, 2.45) is 7.05 Å². The summed E-state index contributed by atoms with van der Waals surface area (Å²) in [5, 5.41) is 22.2. The van der Waals surface area contributed by atoms with Crippen LogP contribution in [0.1, 0.15) is 5.82 Å². The summed E-state index contributed by atoms with van der Waals surface area (Å²) < 4.78 is 7.41. The normalized spacial score (nSPS) is 10.5. The zero-order chi connectivity index (χ0) is 19.9. The molecule has 144 valence electrons. The van der Waals surface area contributed by atoms with Crippen molar-refractivity contribution >= 4 is 29.0 Å². The lowest BCUT2D eigenvalue weighted by atomic mass is 10.3. The SMILES string of the molecule is Cn1c(COc2ccccc2)nnc1SCC(=O)Nc1cccc([N+](=O)[O-])c1. The van der Waals surface area contributed by atoms with E-state index in [-0.39, 0.29) is 24.0 Å². The van der Waals surface area contributed by atoms with Crippen LogP contribution in [0.2, 0.25) is 0 Å². The number of amides is 1. The maximum atomic E-state index is 12.1. The van der Waals surface area contributed by atoms with Gasteiger partial charge in [-0.2, -0.15) is 0 Å². The number of nitrogens with one attached hydrogen (secondary N) is 1. The number of aromatic nitrogens is 3. The molecule has 1 amide bonds. The first kappa shape index (κ1) is 19.4. The van der Waals surface area contributed by atoms with Gasteiger partial charge in [-0.25, -0.2) is 0 Å². The monoisotopic (exact) mass is 399 g/mol. The highest BCUT2D eigenvalue weighted by Crippen LogP contribution is 2.20. The van der Waals surface area contributed by atoms with Crippen molar-refractivity contribution in [1.29, 1.82) is 0 Å². The molecule has 0 atom stereocenters. The first-order valence-electron chi connectivity index (χ1n) is 8.26. The van der Waals surface area contributed by atoms with Gasteiger partial charge in [0, 0.05) is 24.9 Å². The quantitative estimate of drug-likeness (QED) is 0.352. The molecule has 1 N–H and O–H groups in total. The number of ether oxygens (including phenoxy) is 1. The van der Waals surface area contributed by atoms with E-state index in [4.69, 9.17) is 4.74 Å². The van der Waals surface area contributed by atoms with Crippen LogP contribution in [0.4, 0.5) is 11.4 Å². The summed E-state index contributed by atoms with van der Waals surface area (Å²) >= 11 is 1.22.